The van der Waals surface area contributed by atoms with Gasteiger partial charge in [-0.1, -0.05) is 46.4 Å². The van der Waals surface area contributed by atoms with Crippen LogP contribution >= 0.6 is 0 Å². The average Bonchev–Trinajstić information content (AvgIpc) is 2.97. The summed E-state index contributed by atoms with van der Waals surface area (Å²) in [6.07, 6.45) is 3.15. The number of amides is 1. The molecule has 2 aliphatic rings. The van der Waals surface area contributed by atoms with E-state index in [9.17, 15) is 13.6 Å². The lowest BCUT2D eigenvalue weighted by Crippen LogP contribution is -2.46. The highest BCUT2D eigenvalue weighted by Crippen LogP contribution is 2.56. The van der Waals surface area contributed by atoms with Gasteiger partial charge in [0.05, 0.1) is 22.4 Å². The lowest BCUT2D eigenvalue weighted by Gasteiger charge is -2.34. The summed E-state index contributed by atoms with van der Waals surface area (Å²) in [5.41, 5.74) is -0.679. The third kappa shape index (κ3) is 3.77. The molecule has 1 heterocycles. The number of azo groups is 1. The summed E-state index contributed by atoms with van der Waals surface area (Å²) in [6.45, 7) is 12.9. The summed E-state index contributed by atoms with van der Waals surface area (Å²) < 4.78 is 28.9. The summed E-state index contributed by atoms with van der Waals surface area (Å²) in [5.74, 6) is -1.07. The third-order valence-electron chi connectivity index (χ3n) is 6.18. The molecule has 1 aliphatic heterocycles. The fourth-order valence-electron chi connectivity index (χ4n) is 4.59. The van der Waals surface area contributed by atoms with Crippen molar-refractivity contribution in [2.24, 2.45) is 39.3 Å². The number of carbonyl (C=O) groups is 1. The third-order valence-corrected chi connectivity index (χ3v) is 6.18. The Hall–Kier alpha value is -2.37. The van der Waals surface area contributed by atoms with Gasteiger partial charge in [0.2, 0.25) is 5.91 Å². The van der Waals surface area contributed by atoms with Crippen LogP contribution in [0.25, 0.3) is 5.70 Å². The standard InChI is InChI=1S/C23H29F2N3O/c1-13(2)12-26-22(29)23-10-9-16(14(3)4)17(23)11-20(28-27-15(23)5)21-18(24)7-6-8-19(21)25/h6-8,11,13-14,16-17H,5,9-10,12H2,1-4H3,(H,26,29)/t16?,17?,23-/m1/s1. The zero-order valence-corrected chi connectivity index (χ0v) is 17.5. The van der Waals surface area contributed by atoms with Gasteiger partial charge in [0.15, 0.2) is 0 Å². The predicted molar refractivity (Wildman–Crippen MR) is 110 cm³/mol. The number of hydrogen-bond donors (Lipinski definition) is 1. The maximum Gasteiger partial charge on any atom is 0.232 e. The van der Waals surface area contributed by atoms with Crippen LogP contribution in [-0.2, 0) is 4.79 Å². The highest BCUT2D eigenvalue weighted by molar-refractivity contribution is 5.87. The number of nitrogens with one attached hydrogen (secondary N) is 1. The molecule has 3 atom stereocenters. The van der Waals surface area contributed by atoms with Gasteiger partial charge in [-0.05, 0) is 42.7 Å². The number of halogens is 2. The molecule has 0 bridgehead atoms. The first-order valence-electron chi connectivity index (χ1n) is 10.2. The summed E-state index contributed by atoms with van der Waals surface area (Å²) in [7, 11) is 0. The van der Waals surface area contributed by atoms with Gasteiger partial charge in [-0.15, -0.1) is 0 Å². The molecule has 1 aromatic rings. The van der Waals surface area contributed by atoms with E-state index in [2.05, 4.69) is 36.0 Å². The molecule has 2 unspecified atom stereocenters. The van der Waals surface area contributed by atoms with Crippen molar-refractivity contribution in [1.82, 2.24) is 5.32 Å². The Balaban J connectivity index is 2.13. The Morgan fingerprint density at radius 1 is 1.24 bits per heavy atom. The second kappa shape index (κ2) is 8.17. The second-order valence-electron chi connectivity index (χ2n) is 8.84. The van der Waals surface area contributed by atoms with Crippen molar-refractivity contribution in [3.63, 3.8) is 0 Å². The first-order valence-corrected chi connectivity index (χ1v) is 10.2. The molecule has 1 fully saturated rings. The van der Waals surface area contributed by atoms with Crippen LogP contribution in [-0.4, -0.2) is 12.5 Å². The van der Waals surface area contributed by atoms with E-state index in [1.54, 1.807) is 6.08 Å². The number of allylic oxidation sites excluding steroid dienone is 1. The van der Waals surface area contributed by atoms with E-state index in [1.807, 2.05) is 13.8 Å². The summed E-state index contributed by atoms with van der Waals surface area (Å²) in [4.78, 5) is 13.4. The smallest absolute Gasteiger partial charge is 0.232 e. The number of hydrogen-bond acceptors (Lipinski definition) is 3. The first-order chi connectivity index (χ1) is 13.7. The molecule has 0 spiro atoms. The van der Waals surface area contributed by atoms with Crippen molar-refractivity contribution in [2.45, 2.75) is 40.5 Å². The molecule has 0 radical (unpaired) electrons. The average molecular weight is 402 g/mol. The first kappa shape index (κ1) is 21.3. The number of nitrogens with zero attached hydrogens (tertiary/aromatic N) is 2. The van der Waals surface area contributed by atoms with Crippen molar-refractivity contribution >= 4 is 11.6 Å². The Kier molecular flexibility index (Phi) is 6.01. The van der Waals surface area contributed by atoms with Crippen LogP contribution in [0.2, 0.25) is 0 Å². The summed E-state index contributed by atoms with van der Waals surface area (Å²) in [6, 6.07) is 3.72. The molecule has 1 aromatic carbocycles. The fraction of sp³-hybridized carbons (Fsp3) is 0.522. The molecule has 1 saturated carbocycles. The van der Waals surface area contributed by atoms with E-state index < -0.39 is 17.0 Å². The Bertz CT molecular complexity index is 855. The molecule has 1 N–H and O–H groups in total. The quantitative estimate of drug-likeness (QED) is 0.673. The zero-order valence-electron chi connectivity index (χ0n) is 17.5. The van der Waals surface area contributed by atoms with Crippen molar-refractivity contribution < 1.29 is 13.6 Å². The molecule has 1 amide bonds. The van der Waals surface area contributed by atoms with Crippen LogP contribution in [0.4, 0.5) is 8.78 Å². The highest BCUT2D eigenvalue weighted by Gasteiger charge is 2.56. The van der Waals surface area contributed by atoms with E-state index in [0.717, 1.165) is 6.42 Å². The minimum absolute atomic E-state index is 0.123. The lowest BCUT2D eigenvalue weighted by atomic mass is 9.70. The van der Waals surface area contributed by atoms with Gasteiger partial charge in [0, 0.05) is 12.5 Å². The Morgan fingerprint density at radius 2 is 1.90 bits per heavy atom. The van der Waals surface area contributed by atoms with E-state index in [4.69, 9.17) is 0 Å². The minimum atomic E-state index is -0.948. The highest BCUT2D eigenvalue weighted by atomic mass is 19.1. The minimum Gasteiger partial charge on any atom is -0.355 e. The largest absolute Gasteiger partial charge is 0.355 e. The van der Waals surface area contributed by atoms with Gasteiger partial charge in [-0.25, -0.2) is 8.78 Å². The second-order valence-corrected chi connectivity index (χ2v) is 8.84. The molecular weight excluding hydrogens is 372 g/mol. The molecule has 156 valence electrons. The van der Waals surface area contributed by atoms with Gasteiger partial charge >= 0.3 is 0 Å². The van der Waals surface area contributed by atoms with Crippen LogP contribution < -0.4 is 5.32 Å². The lowest BCUT2D eigenvalue weighted by molar-refractivity contribution is -0.130. The van der Waals surface area contributed by atoms with Gasteiger partial charge < -0.3 is 5.32 Å². The number of fused-ring (bicyclic) bond motifs is 1. The molecular formula is C23H29F2N3O. The molecule has 0 saturated heterocycles. The molecule has 4 nitrogen and oxygen atoms in total. The van der Waals surface area contributed by atoms with Crippen molar-refractivity contribution in [2.75, 3.05) is 6.54 Å². The van der Waals surface area contributed by atoms with Crippen LogP contribution in [0.5, 0.6) is 0 Å². The maximum atomic E-state index is 14.4. The number of benzene rings is 1. The fourth-order valence-corrected chi connectivity index (χ4v) is 4.59. The van der Waals surface area contributed by atoms with E-state index in [1.165, 1.54) is 18.2 Å². The monoisotopic (exact) mass is 401 g/mol. The van der Waals surface area contributed by atoms with Crippen molar-refractivity contribution in [3.05, 3.63) is 53.7 Å². The van der Waals surface area contributed by atoms with Gasteiger partial charge in [0.25, 0.3) is 0 Å². The number of rotatable bonds is 5. The topological polar surface area (TPSA) is 53.8 Å². The Labute approximate surface area is 171 Å². The van der Waals surface area contributed by atoms with Gasteiger partial charge in [0.1, 0.15) is 11.6 Å². The van der Waals surface area contributed by atoms with Gasteiger partial charge in [-0.2, -0.15) is 10.2 Å². The molecule has 3 rings (SSSR count). The molecule has 0 aromatic heterocycles. The summed E-state index contributed by atoms with van der Waals surface area (Å²) >= 11 is 0. The maximum absolute atomic E-state index is 14.4. The predicted octanol–water partition coefficient (Wildman–Crippen LogP) is 5.73. The van der Waals surface area contributed by atoms with Crippen LogP contribution in [0.15, 0.2) is 46.8 Å². The van der Waals surface area contributed by atoms with Crippen molar-refractivity contribution in [1.29, 1.82) is 0 Å². The van der Waals surface area contributed by atoms with Crippen LogP contribution in [0.1, 0.15) is 46.1 Å². The van der Waals surface area contributed by atoms with Crippen LogP contribution in [0.3, 0.4) is 0 Å². The van der Waals surface area contributed by atoms with Crippen molar-refractivity contribution in [3.8, 4) is 0 Å². The van der Waals surface area contributed by atoms with E-state index >= 15 is 0 Å². The molecule has 6 heteroatoms. The normalized spacial score (nSPS) is 26.5. The Morgan fingerprint density at radius 3 is 2.48 bits per heavy atom. The van der Waals surface area contributed by atoms with E-state index in [-0.39, 0.29) is 34.9 Å². The summed E-state index contributed by atoms with van der Waals surface area (Å²) in [5, 5.41) is 11.3. The SMILES string of the molecule is C=C1N=NC(c2c(F)cccc2F)=CC2C(C(C)C)CC[C@@]12C(=O)NCC(C)C. The molecule has 1 aliphatic carbocycles. The van der Waals surface area contributed by atoms with Gasteiger partial charge in [-0.3, -0.25) is 4.79 Å². The van der Waals surface area contributed by atoms with Crippen LogP contribution in [0, 0.1) is 40.7 Å². The van der Waals surface area contributed by atoms with E-state index in [0.29, 0.717) is 24.6 Å². The number of carbonyl (C=O) groups excluding carboxylic acids is 1. The zero-order chi connectivity index (χ0) is 21.3. The molecule has 29 heavy (non-hydrogen) atoms.